The molecule has 7 nitrogen and oxygen atoms in total. The molecule has 1 fully saturated rings. The van der Waals surface area contributed by atoms with Gasteiger partial charge in [0.15, 0.2) is 5.25 Å². The van der Waals surface area contributed by atoms with Crippen LogP contribution in [0.4, 0.5) is 5.82 Å². The first-order valence-corrected chi connectivity index (χ1v) is 7.81. The molecule has 0 aliphatic carbocycles. The molecular formula is C12H17N3O4S. The van der Waals surface area contributed by atoms with Crippen LogP contribution in [0.15, 0.2) is 24.4 Å². The Morgan fingerprint density at radius 1 is 1.30 bits per heavy atom. The second-order valence-corrected chi connectivity index (χ2v) is 6.85. The molecule has 1 saturated heterocycles. The van der Waals surface area contributed by atoms with Gasteiger partial charge in [-0.25, -0.2) is 13.4 Å². The van der Waals surface area contributed by atoms with E-state index >= 15 is 0 Å². The van der Waals surface area contributed by atoms with Crippen LogP contribution in [0, 0.1) is 0 Å². The highest BCUT2D eigenvalue weighted by Gasteiger charge is 2.35. The number of nitrogens with zero attached hydrogens (tertiary/aromatic N) is 3. The minimum Gasteiger partial charge on any atom is -0.480 e. The maximum Gasteiger partial charge on any atom is 0.323 e. The maximum atomic E-state index is 12.1. The second kappa shape index (κ2) is 5.76. The Bertz CT molecular complexity index is 568. The van der Waals surface area contributed by atoms with Gasteiger partial charge in [0, 0.05) is 32.4 Å². The van der Waals surface area contributed by atoms with Crippen molar-refractivity contribution < 1.29 is 18.3 Å². The van der Waals surface area contributed by atoms with Gasteiger partial charge < -0.3 is 10.0 Å². The summed E-state index contributed by atoms with van der Waals surface area (Å²) in [6.07, 6.45) is 1.69. The van der Waals surface area contributed by atoms with Gasteiger partial charge >= 0.3 is 5.97 Å². The number of carboxylic acid groups (broad SMARTS) is 1. The predicted molar refractivity (Wildman–Crippen MR) is 74.0 cm³/mol. The first-order valence-electron chi connectivity index (χ1n) is 6.30. The SMILES string of the molecule is CC(C(=O)O)S(=O)(=O)N1CCN(c2ccccn2)CC1. The van der Waals surface area contributed by atoms with Crippen LogP contribution in [-0.4, -0.2) is 60.2 Å². The quantitative estimate of drug-likeness (QED) is 0.842. The number of piperazine rings is 1. The van der Waals surface area contributed by atoms with Crippen molar-refractivity contribution in [2.75, 3.05) is 31.1 Å². The number of anilines is 1. The summed E-state index contributed by atoms with van der Waals surface area (Å²) >= 11 is 0. The Balaban J connectivity index is 2.03. The molecule has 1 aromatic heterocycles. The number of aromatic nitrogens is 1. The third-order valence-electron chi connectivity index (χ3n) is 3.37. The van der Waals surface area contributed by atoms with Crippen LogP contribution in [-0.2, 0) is 14.8 Å². The number of sulfonamides is 1. The largest absolute Gasteiger partial charge is 0.480 e. The Morgan fingerprint density at radius 3 is 2.45 bits per heavy atom. The lowest BCUT2D eigenvalue weighted by Gasteiger charge is -2.35. The molecule has 1 atom stereocenters. The number of pyridine rings is 1. The highest BCUT2D eigenvalue weighted by atomic mass is 32.2. The van der Waals surface area contributed by atoms with E-state index in [1.165, 1.54) is 11.2 Å². The van der Waals surface area contributed by atoms with Gasteiger partial charge in [-0.05, 0) is 19.1 Å². The standard InChI is InChI=1S/C12H17N3O4S/c1-10(12(16)17)20(18,19)15-8-6-14(7-9-15)11-4-2-3-5-13-11/h2-5,10H,6-9H2,1H3,(H,16,17). The molecule has 1 aliphatic heterocycles. The van der Waals surface area contributed by atoms with E-state index in [9.17, 15) is 13.2 Å². The summed E-state index contributed by atoms with van der Waals surface area (Å²) in [6, 6.07) is 5.56. The van der Waals surface area contributed by atoms with Gasteiger partial charge in [-0.1, -0.05) is 6.07 Å². The van der Waals surface area contributed by atoms with Crippen molar-refractivity contribution in [2.24, 2.45) is 0 Å². The third-order valence-corrected chi connectivity index (χ3v) is 5.55. The van der Waals surface area contributed by atoms with Crippen molar-refractivity contribution in [1.82, 2.24) is 9.29 Å². The minimum absolute atomic E-state index is 0.274. The zero-order chi connectivity index (χ0) is 14.8. The fraction of sp³-hybridized carbons (Fsp3) is 0.500. The summed E-state index contributed by atoms with van der Waals surface area (Å²) in [5, 5.41) is 7.44. The molecule has 20 heavy (non-hydrogen) atoms. The maximum absolute atomic E-state index is 12.1. The number of hydrogen-bond acceptors (Lipinski definition) is 5. The average Bonchev–Trinajstić information content (AvgIpc) is 2.47. The van der Waals surface area contributed by atoms with Gasteiger partial charge in [0.1, 0.15) is 5.82 Å². The first kappa shape index (κ1) is 14.7. The Kier molecular flexibility index (Phi) is 4.24. The van der Waals surface area contributed by atoms with Crippen LogP contribution >= 0.6 is 0 Å². The van der Waals surface area contributed by atoms with Crippen LogP contribution in [0.25, 0.3) is 0 Å². The Labute approximate surface area is 117 Å². The van der Waals surface area contributed by atoms with Crippen molar-refractivity contribution in [2.45, 2.75) is 12.2 Å². The van der Waals surface area contributed by atoms with Crippen molar-refractivity contribution in [3.05, 3.63) is 24.4 Å². The summed E-state index contributed by atoms with van der Waals surface area (Å²) in [4.78, 5) is 17.0. The molecule has 8 heteroatoms. The molecule has 0 bridgehead atoms. The second-order valence-electron chi connectivity index (χ2n) is 4.60. The van der Waals surface area contributed by atoms with Crippen LogP contribution in [0.1, 0.15) is 6.92 Å². The Morgan fingerprint density at radius 2 is 1.95 bits per heavy atom. The van der Waals surface area contributed by atoms with Crippen molar-refractivity contribution >= 4 is 21.8 Å². The number of carbonyl (C=O) groups is 1. The smallest absolute Gasteiger partial charge is 0.323 e. The van der Waals surface area contributed by atoms with Crippen LogP contribution < -0.4 is 4.90 Å². The molecule has 0 spiro atoms. The molecule has 0 saturated carbocycles. The molecular weight excluding hydrogens is 282 g/mol. The van der Waals surface area contributed by atoms with E-state index in [-0.39, 0.29) is 13.1 Å². The highest BCUT2D eigenvalue weighted by molar-refractivity contribution is 7.90. The molecule has 1 unspecified atom stereocenters. The van der Waals surface area contributed by atoms with Crippen LogP contribution in [0.3, 0.4) is 0 Å². The summed E-state index contributed by atoms with van der Waals surface area (Å²) in [7, 11) is -3.78. The predicted octanol–water partition coefficient (Wildman–Crippen LogP) is 0.00650. The topological polar surface area (TPSA) is 90.8 Å². The zero-order valence-corrected chi connectivity index (χ0v) is 12.0. The van der Waals surface area contributed by atoms with E-state index in [0.717, 1.165) is 5.82 Å². The molecule has 0 aromatic carbocycles. The highest BCUT2D eigenvalue weighted by Crippen LogP contribution is 2.16. The average molecular weight is 299 g/mol. The zero-order valence-electron chi connectivity index (χ0n) is 11.1. The number of carboxylic acids is 1. The van der Waals surface area contributed by atoms with Crippen molar-refractivity contribution in [3.63, 3.8) is 0 Å². The van der Waals surface area contributed by atoms with Gasteiger partial charge in [-0.2, -0.15) is 4.31 Å². The number of hydrogen-bond donors (Lipinski definition) is 1. The summed E-state index contributed by atoms with van der Waals surface area (Å²) in [6.45, 7) is 2.75. The first-order chi connectivity index (χ1) is 9.43. The Hall–Kier alpha value is -1.67. The van der Waals surface area contributed by atoms with E-state index in [0.29, 0.717) is 13.1 Å². The molecule has 1 aromatic rings. The molecule has 2 rings (SSSR count). The van der Waals surface area contributed by atoms with E-state index in [4.69, 9.17) is 5.11 Å². The van der Waals surface area contributed by atoms with E-state index in [1.807, 2.05) is 23.1 Å². The summed E-state index contributed by atoms with van der Waals surface area (Å²) in [5.74, 6) is -0.520. The lowest BCUT2D eigenvalue weighted by molar-refractivity contribution is -0.136. The van der Waals surface area contributed by atoms with Crippen molar-refractivity contribution in [3.8, 4) is 0 Å². The van der Waals surface area contributed by atoms with Crippen LogP contribution in [0.5, 0.6) is 0 Å². The third kappa shape index (κ3) is 2.91. The van der Waals surface area contributed by atoms with Gasteiger partial charge in [-0.15, -0.1) is 0 Å². The number of aliphatic carboxylic acids is 1. The van der Waals surface area contributed by atoms with E-state index in [1.54, 1.807) is 6.20 Å². The molecule has 1 aliphatic rings. The lowest BCUT2D eigenvalue weighted by atomic mass is 10.3. The lowest BCUT2D eigenvalue weighted by Crippen LogP contribution is -2.52. The van der Waals surface area contributed by atoms with Gasteiger partial charge in [-0.3, -0.25) is 4.79 Å². The molecule has 110 valence electrons. The fourth-order valence-corrected chi connectivity index (χ4v) is 3.44. The minimum atomic E-state index is -3.78. The normalized spacial score (nSPS) is 18.8. The van der Waals surface area contributed by atoms with Gasteiger partial charge in [0.2, 0.25) is 10.0 Å². The van der Waals surface area contributed by atoms with E-state index < -0.39 is 21.2 Å². The monoisotopic (exact) mass is 299 g/mol. The number of rotatable bonds is 4. The van der Waals surface area contributed by atoms with Crippen LogP contribution in [0.2, 0.25) is 0 Å². The van der Waals surface area contributed by atoms with Gasteiger partial charge in [0.05, 0.1) is 0 Å². The summed E-state index contributed by atoms with van der Waals surface area (Å²) < 4.78 is 25.4. The fourth-order valence-electron chi connectivity index (χ4n) is 2.06. The molecule has 0 amide bonds. The summed E-state index contributed by atoms with van der Waals surface area (Å²) in [5.41, 5.74) is 0. The van der Waals surface area contributed by atoms with Gasteiger partial charge in [0.25, 0.3) is 0 Å². The van der Waals surface area contributed by atoms with E-state index in [2.05, 4.69) is 4.98 Å². The van der Waals surface area contributed by atoms with Crippen molar-refractivity contribution in [1.29, 1.82) is 0 Å². The molecule has 1 N–H and O–H groups in total. The molecule has 2 heterocycles. The molecule has 0 radical (unpaired) electrons.